The van der Waals surface area contributed by atoms with Gasteiger partial charge in [-0.15, -0.1) is 0 Å². The zero-order valence-corrected chi connectivity index (χ0v) is 10.5. The molecule has 0 aliphatic heterocycles. The van der Waals surface area contributed by atoms with E-state index >= 15 is 0 Å². The van der Waals surface area contributed by atoms with E-state index in [0.717, 1.165) is 19.3 Å². The number of nitrogens with one attached hydrogen (secondary N) is 1. The second kappa shape index (κ2) is 5.49. The zero-order valence-electron chi connectivity index (χ0n) is 10.5. The summed E-state index contributed by atoms with van der Waals surface area (Å²) in [6.07, 6.45) is 2.91. The van der Waals surface area contributed by atoms with E-state index in [9.17, 15) is 9.59 Å². The Morgan fingerprint density at radius 3 is 2.35 bits per heavy atom. The molecular weight excluding hydrogens is 220 g/mol. The minimum absolute atomic E-state index is 0.0896. The third kappa shape index (κ3) is 3.70. The van der Waals surface area contributed by atoms with Crippen molar-refractivity contribution in [2.24, 2.45) is 17.1 Å². The highest BCUT2D eigenvalue weighted by molar-refractivity contribution is 5.81. The summed E-state index contributed by atoms with van der Waals surface area (Å²) < 4.78 is 0. The quantitative estimate of drug-likeness (QED) is 0.640. The average molecular weight is 242 g/mol. The minimum atomic E-state index is -0.799. The molecule has 1 aliphatic rings. The monoisotopic (exact) mass is 242 g/mol. The van der Waals surface area contributed by atoms with Crippen LogP contribution in [-0.4, -0.2) is 29.6 Å². The Hall–Kier alpha value is -1.10. The fraction of sp³-hybridized carbons (Fsp3) is 0.833. The predicted molar refractivity (Wildman–Crippen MR) is 64.4 cm³/mol. The molecule has 17 heavy (non-hydrogen) atoms. The van der Waals surface area contributed by atoms with Gasteiger partial charge < -0.3 is 16.2 Å². The summed E-state index contributed by atoms with van der Waals surface area (Å²) in [6, 6.07) is -0.517. The second-order valence-corrected chi connectivity index (χ2v) is 5.41. The van der Waals surface area contributed by atoms with E-state index in [0.29, 0.717) is 6.54 Å². The van der Waals surface area contributed by atoms with Gasteiger partial charge in [-0.2, -0.15) is 0 Å². The number of amides is 1. The van der Waals surface area contributed by atoms with E-state index in [4.69, 9.17) is 10.8 Å². The van der Waals surface area contributed by atoms with Gasteiger partial charge in [0.1, 0.15) is 0 Å². The maximum Gasteiger partial charge on any atom is 0.303 e. The number of aliphatic carboxylic acids is 1. The molecule has 1 rings (SSSR count). The Kier molecular flexibility index (Phi) is 4.51. The van der Waals surface area contributed by atoms with Crippen LogP contribution in [0.5, 0.6) is 0 Å². The molecule has 5 nitrogen and oxygen atoms in total. The van der Waals surface area contributed by atoms with E-state index in [1.165, 1.54) is 0 Å². The number of hydrogen-bond donors (Lipinski definition) is 3. The molecule has 0 spiro atoms. The van der Waals surface area contributed by atoms with Crippen LogP contribution < -0.4 is 11.1 Å². The van der Waals surface area contributed by atoms with Gasteiger partial charge in [-0.1, -0.05) is 20.3 Å². The summed E-state index contributed by atoms with van der Waals surface area (Å²) in [6.45, 7) is 4.21. The molecule has 0 heterocycles. The average Bonchev–Trinajstić information content (AvgIpc) is 2.19. The van der Waals surface area contributed by atoms with E-state index in [-0.39, 0.29) is 23.7 Å². The van der Waals surface area contributed by atoms with Gasteiger partial charge in [-0.3, -0.25) is 9.59 Å². The molecule has 0 saturated heterocycles. The molecule has 1 atom stereocenters. The maximum absolute atomic E-state index is 11.7. The highest BCUT2D eigenvalue weighted by atomic mass is 16.4. The van der Waals surface area contributed by atoms with Crippen LogP contribution in [-0.2, 0) is 9.59 Å². The fourth-order valence-electron chi connectivity index (χ4n) is 2.11. The maximum atomic E-state index is 11.7. The topological polar surface area (TPSA) is 92.4 Å². The molecule has 0 bridgehead atoms. The van der Waals surface area contributed by atoms with E-state index in [1.54, 1.807) is 0 Å². The Morgan fingerprint density at radius 1 is 1.41 bits per heavy atom. The molecule has 5 heteroatoms. The first-order chi connectivity index (χ1) is 7.86. The lowest BCUT2D eigenvalue weighted by molar-refractivity contribution is -0.142. The molecule has 0 aromatic rings. The number of nitrogens with two attached hydrogens (primary N) is 1. The number of carbonyl (C=O) groups excluding carboxylic acids is 1. The molecule has 1 fully saturated rings. The predicted octanol–water partition coefficient (Wildman–Crippen LogP) is 0.731. The van der Waals surface area contributed by atoms with Crippen molar-refractivity contribution in [3.63, 3.8) is 0 Å². The first kappa shape index (κ1) is 14.0. The molecule has 1 saturated carbocycles. The van der Waals surface area contributed by atoms with Crippen LogP contribution in [0.2, 0.25) is 0 Å². The molecule has 0 aromatic heterocycles. The zero-order chi connectivity index (χ0) is 13.1. The second-order valence-electron chi connectivity index (χ2n) is 5.41. The molecule has 98 valence electrons. The van der Waals surface area contributed by atoms with Gasteiger partial charge in [0.15, 0.2) is 0 Å². The third-order valence-electron chi connectivity index (χ3n) is 3.60. The number of hydrogen-bond acceptors (Lipinski definition) is 3. The van der Waals surface area contributed by atoms with E-state index in [1.807, 2.05) is 13.8 Å². The van der Waals surface area contributed by atoms with E-state index in [2.05, 4.69) is 5.32 Å². The highest BCUT2D eigenvalue weighted by Gasteiger charge is 2.39. The van der Waals surface area contributed by atoms with Crippen LogP contribution in [0.15, 0.2) is 0 Å². The van der Waals surface area contributed by atoms with Gasteiger partial charge in [-0.05, 0) is 24.2 Å². The van der Waals surface area contributed by atoms with Crippen LogP contribution in [0.3, 0.4) is 0 Å². The molecule has 1 amide bonds. The smallest absolute Gasteiger partial charge is 0.303 e. The molecule has 0 aromatic carbocycles. The van der Waals surface area contributed by atoms with Crippen molar-refractivity contribution in [2.75, 3.05) is 6.54 Å². The van der Waals surface area contributed by atoms with Crippen molar-refractivity contribution in [3.05, 3.63) is 0 Å². The van der Waals surface area contributed by atoms with Crippen molar-refractivity contribution >= 4 is 11.9 Å². The van der Waals surface area contributed by atoms with Crippen molar-refractivity contribution < 1.29 is 14.7 Å². The number of rotatable bonds is 6. The molecule has 1 aliphatic carbocycles. The van der Waals surface area contributed by atoms with Crippen molar-refractivity contribution in [2.45, 2.75) is 45.6 Å². The Labute approximate surface area is 102 Å². The Balaban J connectivity index is 2.43. The summed E-state index contributed by atoms with van der Waals surface area (Å²) in [7, 11) is 0. The highest BCUT2D eigenvalue weighted by Crippen LogP contribution is 2.43. The number of carboxylic acid groups (broad SMARTS) is 1. The third-order valence-corrected chi connectivity index (χ3v) is 3.60. The summed E-state index contributed by atoms with van der Waals surface area (Å²) >= 11 is 0. The summed E-state index contributed by atoms with van der Waals surface area (Å²) in [5.74, 6) is -0.893. The molecule has 4 N–H and O–H groups in total. The first-order valence-electron chi connectivity index (χ1n) is 6.11. The molecule has 0 radical (unpaired) electrons. The lowest BCUT2D eigenvalue weighted by atomic mass is 9.66. The number of carbonyl (C=O) groups is 2. The Bertz CT molecular complexity index is 298. The standard InChI is InChI=1S/C12H22N2O3/c1-8(2)10(13)11(17)14-7-12(4-3-5-12)6-9(15)16/h8,10H,3-7,13H2,1-2H3,(H,14,17)(H,15,16)/t10-/m1/s1. The lowest BCUT2D eigenvalue weighted by Gasteiger charge is -2.41. The SMILES string of the molecule is CC(C)[C@@H](N)C(=O)NCC1(CC(=O)O)CCC1. The summed E-state index contributed by atoms with van der Waals surface area (Å²) in [5, 5.41) is 11.6. The van der Waals surface area contributed by atoms with Crippen LogP contribution in [0.4, 0.5) is 0 Å². The molecular formula is C12H22N2O3. The van der Waals surface area contributed by atoms with Crippen LogP contribution >= 0.6 is 0 Å². The van der Waals surface area contributed by atoms with Crippen molar-refractivity contribution in [1.82, 2.24) is 5.32 Å². The van der Waals surface area contributed by atoms with Gasteiger partial charge in [0, 0.05) is 6.54 Å². The van der Waals surface area contributed by atoms with Crippen LogP contribution in [0.25, 0.3) is 0 Å². The van der Waals surface area contributed by atoms with Crippen molar-refractivity contribution in [3.8, 4) is 0 Å². The van der Waals surface area contributed by atoms with Gasteiger partial charge >= 0.3 is 5.97 Å². The lowest BCUT2D eigenvalue weighted by Crippen LogP contribution is -2.49. The summed E-state index contributed by atoms with van der Waals surface area (Å²) in [5.41, 5.74) is 5.48. The van der Waals surface area contributed by atoms with Crippen LogP contribution in [0, 0.1) is 11.3 Å². The normalized spacial score (nSPS) is 19.5. The Morgan fingerprint density at radius 2 is 2.00 bits per heavy atom. The first-order valence-corrected chi connectivity index (χ1v) is 6.11. The minimum Gasteiger partial charge on any atom is -0.481 e. The number of carboxylic acids is 1. The van der Waals surface area contributed by atoms with Crippen LogP contribution in [0.1, 0.15) is 39.5 Å². The van der Waals surface area contributed by atoms with Gasteiger partial charge in [-0.25, -0.2) is 0 Å². The van der Waals surface area contributed by atoms with Gasteiger partial charge in [0.05, 0.1) is 12.5 Å². The fourth-order valence-corrected chi connectivity index (χ4v) is 2.11. The van der Waals surface area contributed by atoms with E-state index < -0.39 is 12.0 Å². The van der Waals surface area contributed by atoms with Crippen molar-refractivity contribution in [1.29, 1.82) is 0 Å². The summed E-state index contributed by atoms with van der Waals surface area (Å²) in [4.78, 5) is 22.4. The largest absolute Gasteiger partial charge is 0.481 e. The molecule has 0 unspecified atom stereocenters. The van der Waals surface area contributed by atoms with Gasteiger partial charge in [0.25, 0.3) is 0 Å². The van der Waals surface area contributed by atoms with Gasteiger partial charge in [0.2, 0.25) is 5.91 Å².